The maximum Gasteiger partial charge on any atom is 0.243 e. The average Bonchev–Trinajstić information content (AvgIpc) is 3.25. The molecule has 6 heteroatoms. The molecule has 1 aromatic heterocycles. The van der Waals surface area contributed by atoms with Crippen LogP contribution in [0.25, 0.3) is 0 Å². The second-order valence-electron chi connectivity index (χ2n) is 7.29. The van der Waals surface area contributed by atoms with Crippen LogP contribution < -0.4 is 4.74 Å². The van der Waals surface area contributed by atoms with E-state index in [1.165, 1.54) is 0 Å². The van der Waals surface area contributed by atoms with Crippen LogP contribution in [-0.2, 0) is 16.6 Å². The van der Waals surface area contributed by atoms with E-state index in [1.54, 1.807) is 22.6 Å². The summed E-state index contributed by atoms with van der Waals surface area (Å²) >= 11 is 0. The number of hydrogen-bond acceptors (Lipinski definition) is 4. The predicted octanol–water partition coefficient (Wildman–Crippen LogP) is 4.49. The van der Waals surface area contributed by atoms with Crippen LogP contribution in [0.5, 0.6) is 5.88 Å². The summed E-state index contributed by atoms with van der Waals surface area (Å²) < 4.78 is 33.6. The number of pyridine rings is 1. The van der Waals surface area contributed by atoms with E-state index in [2.05, 4.69) is 4.98 Å². The van der Waals surface area contributed by atoms with Crippen LogP contribution >= 0.6 is 0 Å². The first-order chi connectivity index (χ1) is 14.0. The molecule has 1 fully saturated rings. The van der Waals surface area contributed by atoms with Gasteiger partial charge in [-0.2, -0.15) is 4.31 Å². The Labute approximate surface area is 172 Å². The summed E-state index contributed by atoms with van der Waals surface area (Å²) in [6.07, 6.45) is 3.35. The predicted molar refractivity (Wildman–Crippen MR) is 112 cm³/mol. The first-order valence-corrected chi connectivity index (χ1v) is 11.2. The maximum absolute atomic E-state index is 13.1. The molecule has 1 aliphatic rings. The molecule has 5 nitrogen and oxygen atoms in total. The average molecular weight is 409 g/mol. The van der Waals surface area contributed by atoms with E-state index >= 15 is 0 Å². The molecule has 0 bridgehead atoms. The van der Waals surface area contributed by atoms with Gasteiger partial charge in [0.1, 0.15) is 6.61 Å². The molecular weight excluding hydrogens is 384 g/mol. The largest absolute Gasteiger partial charge is 0.473 e. The van der Waals surface area contributed by atoms with Crippen molar-refractivity contribution >= 4 is 10.0 Å². The standard InChI is InChI=1S/C23H24N2O3S/c1-18-9-12-21(13-10-18)29(26,27)25-15-5-8-22(25)20-11-14-23(24-16-20)28-17-19-6-3-2-4-7-19/h2-4,6-7,9-14,16,22H,5,8,15,17H2,1H3/t22-/m0/s1. The summed E-state index contributed by atoms with van der Waals surface area (Å²) in [7, 11) is -3.53. The highest BCUT2D eigenvalue weighted by atomic mass is 32.2. The van der Waals surface area contributed by atoms with Gasteiger partial charge >= 0.3 is 0 Å². The molecule has 1 saturated heterocycles. The lowest BCUT2D eigenvalue weighted by atomic mass is 10.1. The van der Waals surface area contributed by atoms with Crippen molar-refractivity contribution in [3.8, 4) is 5.88 Å². The van der Waals surface area contributed by atoms with Crippen molar-refractivity contribution in [3.05, 3.63) is 89.6 Å². The Bertz CT molecular complexity index is 1050. The van der Waals surface area contributed by atoms with Gasteiger partial charge in [0, 0.05) is 18.8 Å². The van der Waals surface area contributed by atoms with Crippen LogP contribution in [0.15, 0.2) is 77.8 Å². The molecule has 2 heterocycles. The van der Waals surface area contributed by atoms with Crippen molar-refractivity contribution in [3.63, 3.8) is 0 Å². The van der Waals surface area contributed by atoms with Gasteiger partial charge in [-0.05, 0) is 43.0 Å². The lowest BCUT2D eigenvalue weighted by Crippen LogP contribution is -2.30. The monoisotopic (exact) mass is 408 g/mol. The van der Waals surface area contributed by atoms with Crippen molar-refractivity contribution in [2.45, 2.75) is 37.3 Å². The number of aromatic nitrogens is 1. The van der Waals surface area contributed by atoms with Crippen LogP contribution in [0, 0.1) is 6.92 Å². The van der Waals surface area contributed by atoms with Crippen molar-refractivity contribution in [1.29, 1.82) is 0 Å². The zero-order chi connectivity index (χ0) is 20.3. The fourth-order valence-corrected chi connectivity index (χ4v) is 5.29. The Hall–Kier alpha value is -2.70. The molecule has 29 heavy (non-hydrogen) atoms. The molecule has 2 aromatic carbocycles. The van der Waals surface area contributed by atoms with E-state index in [9.17, 15) is 8.42 Å². The quantitative estimate of drug-likeness (QED) is 0.603. The smallest absolute Gasteiger partial charge is 0.243 e. The summed E-state index contributed by atoms with van der Waals surface area (Å²) in [5.41, 5.74) is 3.01. The summed E-state index contributed by atoms with van der Waals surface area (Å²) in [5, 5.41) is 0. The Morgan fingerprint density at radius 3 is 2.48 bits per heavy atom. The summed E-state index contributed by atoms with van der Waals surface area (Å²) in [6, 6.07) is 20.5. The lowest BCUT2D eigenvalue weighted by Gasteiger charge is -2.24. The van der Waals surface area contributed by atoms with Gasteiger partial charge in [0.2, 0.25) is 15.9 Å². The van der Waals surface area contributed by atoms with Crippen LogP contribution in [0.2, 0.25) is 0 Å². The first-order valence-electron chi connectivity index (χ1n) is 9.75. The normalized spacial score (nSPS) is 17.3. The van der Waals surface area contributed by atoms with Crippen molar-refractivity contribution in [1.82, 2.24) is 9.29 Å². The van der Waals surface area contributed by atoms with Crippen molar-refractivity contribution in [2.75, 3.05) is 6.54 Å². The van der Waals surface area contributed by atoms with E-state index in [0.29, 0.717) is 23.9 Å². The second kappa shape index (κ2) is 8.35. The molecule has 0 unspecified atom stereocenters. The van der Waals surface area contributed by atoms with Gasteiger partial charge in [0.15, 0.2) is 0 Å². The summed E-state index contributed by atoms with van der Waals surface area (Å²) in [4.78, 5) is 4.73. The number of nitrogens with zero attached hydrogens (tertiary/aromatic N) is 2. The van der Waals surface area contributed by atoms with Gasteiger partial charge in [-0.1, -0.05) is 54.1 Å². The molecule has 150 valence electrons. The van der Waals surface area contributed by atoms with E-state index < -0.39 is 10.0 Å². The van der Waals surface area contributed by atoms with Gasteiger partial charge in [-0.3, -0.25) is 0 Å². The molecule has 4 rings (SSSR count). The van der Waals surface area contributed by atoms with Gasteiger partial charge in [-0.25, -0.2) is 13.4 Å². The zero-order valence-electron chi connectivity index (χ0n) is 16.4. The number of aryl methyl sites for hydroxylation is 1. The number of benzene rings is 2. The molecule has 0 saturated carbocycles. The first kappa shape index (κ1) is 19.6. The minimum absolute atomic E-state index is 0.197. The van der Waals surface area contributed by atoms with Gasteiger partial charge in [0.25, 0.3) is 0 Å². The van der Waals surface area contributed by atoms with E-state index in [0.717, 1.165) is 29.5 Å². The molecule has 0 radical (unpaired) electrons. The molecule has 3 aromatic rings. The maximum atomic E-state index is 13.1. The number of sulfonamides is 1. The van der Waals surface area contributed by atoms with Gasteiger partial charge in [0.05, 0.1) is 10.9 Å². The Kier molecular flexibility index (Phi) is 5.65. The van der Waals surface area contributed by atoms with Crippen LogP contribution in [0.3, 0.4) is 0 Å². The highest BCUT2D eigenvalue weighted by molar-refractivity contribution is 7.89. The Balaban J connectivity index is 1.49. The molecule has 0 N–H and O–H groups in total. The molecule has 0 amide bonds. The molecule has 0 spiro atoms. The SMILES string of the molecule is Cc1ccc(S(=O)(=O)N2CCC[C@H]2c2ccc(OCc3ccccc3)nc2)cc1. The minimum atomic E-state index is -3.53. The highest BCUT2D eigenvalue weighted by Crippen LogP contribution is 2.36. The highest BCUT2D eigenvalue weighted by Gasteiger charge is 2.36. The van der Waals surface area contributed by atoms with E-state index in [-0.39, 0.29) is 6.04 Å². The minimum Gasteiger partial charge on any atom is -0.473 e. The van der Waals surface area contributed by atoms with Crippen LogP contribution in [0.1, 0.15) is 35.6 Å². The third kappa shape index (κ3) is 4.33. The van der Waals surface area contributed by atoms with Crippen LogP contribution in [-0.4, -0.2) is 24.3 Å². The number of hydrogen-bond donors (Lipinski definition) is 0. The van der Waals surface area contributed by atoms with Crippen molar-refractivity contribution < 1.29 is 13.2 Å². The van der Waals surface area contributed by atoms with Crippen molar-refractivity contribution in [2.24, 2.45) is 0 Å². The fourth-order valence-electron chi connectivity index (χ4n) is 3.61. The fraction of sp³-hybridized carbons (Fsp3) is 0.261. The number of ether oxygens (including phenoxy) is 1. The third-order valence-corrected chi connectivity index (χ3v) is 7.13. The molecular formula is C23H24N2O3S. The summed E-state index contributed by atoms with van der Waals surface area (Å²) in [6.45, 7) is 2.92. The Morgan fingerprint density at radius 1 is 1.03 bits per heavy atom. The summed E-state index contributed by atoms with van der Waals surface area (Å²) in [5.74, 6) is 0.531. The second-order valence-corrected chi connectivity index (χ2v) is 9.18. The molecule has 1 atom stereocenters. The van der Waals surface area contributed by atoms with E-state index in [4.69, 9.17) is 4.74 Å². The number of rotatable bonds is 6. The topological polar surface area (TPSA) is 59.5 Å². The molecule has 1 aliphatic heterocycles. The zero-order valence-corrected chi connectivity index (χ0v) is 17.2. The Morgan fingerprint density at radius 2 is 1.79 bits per heavy atom. The molecule has 0 aliphatic carbocycles. The van der Waals surface area contributed by atoms with Crippen LogP contribution in [0.4, 0.5) is 0 Å². The van der Waals surface area contributed by atoms with Gasteiger partial charge < -0.3 is 4.74 Å². The van der Waals surface area contributed by atoms with E-state index in [1.807, 2.05) is 61.5 Å². The van der Waals surface area contributed by atoms with Gasteiger partial charge in [-0.15, -0.1) is 0 Å². The third-order valence-electron chi connectivity index (χ3n) is 5.20. The lowest BCUT2D eigenvalue weighted by molar-refractivity contribution is 0.293.